The molecular weight excluding hydrogens is 396 g/mol. The van der Waals surface area contributed by atoms with Gasteiger partial charge in [0.2, 0.25) is 11.8 Å². The minimum atomic E-state index is -0.567. The number of hydrogen-bond acceptors (Lipinski definition) is 5. The van der Waals surface area contributed by atoms with Crippen LogP contribution < -0.4 is 16.0 Å². The van der Waals surface area contributed by atoms with E-state index in [9.17, 15) is 14.4 Å². The lowest BCUT2D eigenvalue weighted by atomic mass is 10.1. The molecule has 3 fully saturated rings. The quantitative estimate of drug-likeness (QED) is 0.611. The topological polar surface area (TPSA) is 107 Å². The highest BCUT2D eigenvalue weighted by Crippen LogP contribution is 2.30. The second-order valence-electron chi connectivity index (χ2n) is 9.23. The van der Waals surface area contributed by atoms with Crippen LogP contribution in [0, 0.1) is 5.92 Å². The Morgan fingerprint density at radius 2 is 1.87 bits per heavy atom. The van der Waals surface area contributed by atoms with Crippen LogP contribution in [-0.2, 0) is 16.1 Å². The molecular formula is C22H32N6O3. The first-order chi connectivity index (χ1) is 14.9. The first-order valence-electron chi connectivity index (χ1n) is 11.2. The third kappa shape index (κ3) is 5.52. The average Bonchev–Trinajstić information content (AvgIpc) is 3.50. The maximum absolute atomic E-state index is 13.4. The van der Waals surface area contributed by atoms with Crippen molar-refractivity contribution in [1.82, 2.24) is 30.7 Å². The monoisotopic (exact) mass is 428 g/mol. The zero-order chi connectivity index (χ0) is 22.0. The van der Waals surface area contributed by atoms with Gasteiger partial charge >= 0.3 is 6.03 Å². The van der Waals surface area contributed by atoms with E-state index in [1.165, 1.54) is 0 Å². The maximum atomic E-state index is 13.4. The van der Waals surface area contributed by atoms with Crippen LogP contribution in [0.3, 0.4) is 0 Å². The van der Waals surface area contributed by atoms with Gasteiger partial charge in [0.05, 0.1) is 6.04 Å². The van der Waals surface area contributed by atoms with Crippen LogP contribution in [0.25, 0.3) is 0 Å². The van der Waals surface area contributed by atoms with Crippen molar-refractivity contribution >= 4 is 17.8 Å². The van der Waals surface area contributed by atoms with Gasteiger partial charge in [-0.15, -0.1) is 0 Å². The van der Waals surface area contributed by atoms with E-state index in [4.69, 9.17) is 0 Å². The summed E-state index contributed by atoms with van der Waals surface area (Å²) in [4.78, 5) is 46.1. The van der Waals surface area contributed by atoms with Crippen LogP contribution >= 0.6 is 0 Å². The van der Waals surface area contributed by atoms with E-state index >= 15 is 0 Å². The van der Waals surface area contributed by atoms with E-state index < -0.39 is 6.04 Å². The lowest BCUT2D eigenvalue weighted by molar-refractivity contribution is -0.136. The summed E-state index contributed by atoms with van der Waals surface area (Å²) >= 11 is 0. The Morgan fingerprint density at radius 3 is 2.55 bits per heavy atom. The average molecular weight is 429 g/mol. The number of carbonyl (C=O) groups excluding carboxylic acids is 3. The predicted octanol–water partition coefficient (Wildman–Crippen LogP) is 0.469. The van der Waals surface area contributed by atoms with Gasteiger partial charge in [0.1, 0.15) is 6.04 Å². The number of urea groups is 1. The Bertz CT molecular complexity index is 813. The Labute approximate surface area is 182 Å². The van der Waals surface area contributed by atoms with Crippen molar-refractivity contribution in [2.45, 2.75) is 63.8 Å². The van der Waals surface area contributed by atoms with Gasteiger partial charge in [0.25, 0.3) is 0 Å². The first-order valence-corrected chi connectivity index (χ1v) is 11.2. The molecule has 3 N–H and O–H groups in total. The molecule has 0 bridgehead atoms. The molecule has 0 unspecified atom stereocenters. The molecule has 1 aromatic rings. The lowest BCUT2D eigenvalue weighted by Gasteiger charge is -2.25. The lowest BCUT2D eigenvalue weighted by Crippen LogP contribution is -2.52. The Balaban J connectivity index is 1.47. The molecule has 9 nitrogen and oxygen atoms in total. The van der Waals surface area contributed by atoms with Crippen molar-refractivity contribution in [3.63, 3.8) is 0 Å². The van der Waals surface area contributed by atoms with Crippen LogP contribution in [0.1, 0.15) is 38.7 Å². The number of amides is 4. The standard InChI is InChI=1S/C22H32N6O3/c1-14(2)24-22(31)25-17-9-18-12-27(10-15-5-7-23-8-6-15)13-19(21(30)28(18)11-17)26-20(29)16-3-4-16/h5-8,14,16-19H,3-4,9-13H2,1-2H3,(H,26,29)(H2,24,25,31)/t17-,18-,19-/m0/s1. The number of nitrogens with zero attached hydrogens (tertiary/aromatic N) is 3. The number of nitrogens with one attached hydrogen (secondary N) is 3. The summed E-state index contributed by atoms with van der Waals surface area (Å²) in [6.07, 6.45) is 6.03. The van der Waals surface area contributed by atoms with Gasteiger partial charge in [0.15, 0.2) is 0 Å². The largest absolute Gasteiger partial charge is 0.343 e. The predicted molar refractivity (Wildman–Crippen MR) is 115 cm³/mol. The van der Waals surface area contributed by atoms with Crippen LogP contribution in [0.4, 0.5) is 4.79 Å². The fraction of sp³-hybridized carbons (Fsp3) is 0.636. The summed E-state index contributed by atoms with van der Waals surface area (Å²) in [7, 11) is 0. The molecule has 0 spiro atoms. The highest BCUT2D eigenvalue weighted by atomic mass is 16.2. The number of hydrogen-bond donors (Lipinski definition) is 3. The van der Waals surface area contributed by atoms with Gasteiger partial charge in [-0.1, -0.05) is 0 Å². The molecule has 31 heavy (non-hydrogen) atoms. The normalized spacial score (nSPS) is 26.4. The van der Waals surface area contributed by atoms with Gasteiger partial charge in [-0.3, -0.25) is 19.5 Å². The number of aromatic nitrogens is 1. The van der Waals surface area contributed by atoms with Crippen LogP contribution in [0.5, 0.6) is 0 Å². The van der Waals surface area contributed by atoms with Crippen LogP contribution in [0.15, 0.2) is 24.5 Å². The van der Waals surface area contributed by atoms with E-state index in [0.717, 1.165) is 18.4 Å². The third-order valence-corrected chi connectivity index (χ3v) is 6.08. The molecule has 0 aromatic carbocycles. The molecule has 2 aliphatic heterocycles. The van der Waals surface area contributed by atoms with Gasteiger partial charge < -0.3 is 20.9 Å². The molecule has 3 heterocycles. The Hall–Kier alpha value is -2.68. The highest BCUT2D eigenvalue weighted by molar-refractivity contribution is 5.90. The smallest absolute Gasteiger partial charge is 0.315 e. The molecule has 1 saturated carbocycles. The Morgan fingerprint density at radius 1 is 1.13 bits per heavy atom. The summed E-state index contributed by atoms with van der Waals surface area (Å²) in [5, 5.41) is 8.84. The maximum Gasteiger partial charge on any atom is 0.315 e. The highest BCUT2D eigenvalue weighted by Gasteiger charge is 2.43. The fourth-order valence-corrected chi connectivity index (χ4v) is 4.48. The number of fused-ring (bicyclic) bond motifs is 1. The van der Waals surface area contributed by atoms with Crippen LogP contribution in [-0.4, -0.2) is 76.4 Å². The molecule has 168 valence electrons. The minimum absolute atomic E-state index is 0.00140. The van der Waals surface area contributed by atoms with E-state index in [0.29, 0.717) is 32.6 Å². The summed E-state index contributed by atoms with van der Waals surface area (Å²) in [5.41, 5.74) is 1.12. The van der Waals surface area contributed by atoms with Gasteiger partial charge in [0, 0.05) is 56.6 Å². The molecule has 0 radical (unpaired) electrons. The minimum Gasteiger partial charge on any atom is -0.343 e. The van der Waals surface area contributed by atoms with Crippen molar-refractivity contribution in [3.8, 4) is 0 Å². The summed E-state index contributed by atoms with van der Waals surface area (Å²) in [6, 6.07) is 3.11. The third-order valence-electron chi connectivity index (χ3n) is 6.08. The summed E-state index contributed by atoms with van der Waals surface area (Å²) in [6.45, 7) is 6.16. The van der Waals surface area contributed by atoms with Crippen molar-refractivity contribution in [2.75, 3.05) is 19.6 Å². The fourth-order valence-electron chi connectivity index (χ4n) is 4.48. The molecule has 9 heteroatoms. The molecule has 1 aromatic heterocycles. The molecule has 4 rings (SSSR count). The van der Waals surface area contributed by atoms with E-state index in [1.54, 1.807) is 12.4 Å². The second kappa shape index (κ2) is 9.21. The van der Waals surface area contributed by atoms with E-state index in [-0.39, 0.29) is 41.9 Å². The van der Waals surface area contributed by atoms with Crippen LogP contribution in [0.2, 0.25) is 0 Å². The Kier molecular flexibility index (Phi) is 6.41. The second-order valence-corrected chi connectivity index (χ2v) is 9.23. The zero-order valence-corrected chi connectivity index (χ0v) is 18.2. The molecule has 2 saturated heterocycles. The molecule has 4 amide bonds. The first kappa shape index (κ1) is 21.5. The summed E-state index contributed by atoms with van der Waals surface area (Å²) < 4.78 is 0. The molecule has 3 atom stereocenters. The van der Waals surface area contributed by atoms with E-state index in [1.807, 2.05) is 30.9 Å². The van der Waals surface area contributed by atoms with E-state index in [2.05, 4.69) is 25.8 Å². The van der Waals surface area contributed by atoms with Gasteiger partial charge in [-0.25, -0.2) is 4.79 Å². The SMILES string of the molecule is CC(C)NC(=O)N[C@H]1C[C@H]2CN(Cc3ccncc3)C[C@H](NC(=O)C3CC3)C(=O)N2C1. The number of pyridine rings is 1. The van der Waals surface area contributed by atoms with Crippen molar-refractivity contribution < 1.29 is 14.4 Å². The van der Waals surface area contributed by atoms with Gasteiger partial charge in [-0.05, 0) is 50.8 Å². The van der Waals surface area contributed by atoms with Crippen molar-refractivity contribution in [2.24, 2.45) is 5.92 Å². The summed E-state index contributed by atoms with van der Waals surface area (Å²) in [5.74, 6) is -0.0242. The van der Waals surface area contributed by atoms with Gasteiger partial charge in [-0.2, -0.15) is 0 Å². The molecule has 1 aliphatic carbocycles. The van der Waals surface area contributed by atoms with Crippen molar-refractivity contribution in [3.05, 3.63) is 30.1 Å². The van der Waals surface area contributed by atoms with Crippen molar-refractivity contribution in [1.29, 1.82) is 0 Å². The number of rotatable bonds is 6. The number of carbonyl (C=O) groups is 3. The zero-order valence-electron chi connectivity index (χ0n) is 18.2. The molecule has 3 aliphatic rings.